The zero-order chi connectivity index (χ0) is 17.1. The number of hydrogen-bond donors (Lipinski definition) is 1. The largest absolute Gasteiger partial charge is 0.504 e. The minimum atomic E-state index is -0.310. The lowest BCUT2D eigenvalue weighted by atomic mass is 9.95. The van der Waals surface area contributed by atoms with E-state index in [0.717, 1.165) is 28.9 Å². The van der Waals surface area contributed by atoms with Crippen LogP contribution in [0.15, 0.2) is 41.7 Å². The van der Waals surface area contributed by atoms with Gasteiger partial charge in [-0.3, -0.25) is 4.79 Å². The molecule has 2 aliphatic rings. The lowest BCUT2D eigenvalue weighted by Gasteiger charge is -2.15. The molecule has 0 radical (unpaired) electrons. The monoisotopic (exact) mass is 324 g/mol. The summed E-state index contributed by atoms with van der Waals surface area (Å²) in [6.45, 7) is 4.32. The molecule has 126 valence electrons. The van der Waals surface area contributed by atoms with Crippen molar-refractivity contribution in [1.82, 2.24) is 0 Å². The van der Waals surface area contributed by atoms with Crippen molar-refractivity contribution >= 4 is 17.4 Å². The maximum absolute atomic E-state index is 12.1. The van der Waals surface area contributed by atoms with Crippen LogP contribution in [0.5, 0.6) is 5.75 Å². The number of allylic oxidation sites excluding steroid dienone is 4. The van der Waals surface area contributed by atoms with Gasteiger partial charge in [-0.1, -0.05) is 32.3 Å². The molecule has 1 aromatic carbocycles. The Bertz CT molecular complexity index is 737. The van der Waals surface area contributed by atoms with Crippen LogP contribution >= 0.6 is 0 Å². The third kappa shape index (κ3) is 3.30. The summed E-state index contributed by atoms with van der Waals surface area (Å²) >= 11 is 0. The Hall–Kier alpha value is -2.29. The number of carbonyl (C=O) groups excluding carboxylic acids is 1. The number of aliphatic hydroxyl groups excluding tert-OH is 1. The van der Waals surface area contributed by atoms with E-state index in [1.165, 1.54) is 31.8 Å². The number of rotatable bonds is 7. The normalized spacial score (nSPS) is 16.8. The van der Waals surface area contributed by atoms with Crippen molar-refractivity contribution in [1.29, 1.82) is 0 Å². The second-order valence-electron chi connectivity index (χ2n) is 6.55. The van der Waals surface area contributed by atoms with Gasteiger partial charge in [-0.25, -0.2) is 0 Å². The molecule has 2 aliphatic carbocycles. The quantitative estimate of drug-likeness (QED) is 0.699. The molecule has 24 heavy (non-hydrogen) atoms. The first-order valence-electron chi connectivity index (χ1n) is 8.79. The van der Waals surface area contributed by atoms with Crippen LogP contribution in [-0.2, 0) is 4.79 Å². The van der Waals surface area contributed by atoms with Gasteiger partial charge in [-0.2, -0.15) is 0 Å². The molecule has 0 amide bonds. The maximum Gasteiger partial charge on any atom is 0.227 e. The van der Waals surface area contributed by atoms with Gasteiger partial charge in [0.2, 0.25) is 5.78 Å². The summed E-state index contributed by atoms with van der Waals surface area (Å²) in [5.41, 5.74) is 3.44. The molecule has 3 rings (SSSR count). The zero-order valence-electron chi connectivity index (χ0n) is 14.3. The third-order valence-electron chi connectivity index (χ3n) is 4.59. The van der Waals surface area contributed by atoms with Crippen molar-refractivity contribution in [3.63, 3.8) is 0 Å². The van der Waals surface area contributed by atoms with Gasteiger partial charge in [-0.05, 0) is 66.8 Å². The molecule has 0 spiro atoms. The van der Waals surface area contributed by atoms with Crippen LogP contribution < -0.4 is 4.74 Å². The van der Waals surface area contributed by atoms with E-state index in [9.17, 15) is 9.90 Å². The second kappa shape index (κ2) is 7.08. The molecule has 3 heteroatoms. The Morgan fingerprint density at radius 3 is 2.75 bits per heavy atom. The first-order valence-corrected chi connectivity index (χ1v) is 8.79. The Morgan fingerprint density at radius 1 is 1.12 bits per heavy atom. The fraction of sp³-hybridized carbons (Fsp3) is 0.381. The first-order chi connectivity index (χ1) is 11.6. The molecule has 1 atom stereocenters. The summed E-state index contributed by atoms with van der Waals surface area (Å²) < 4.78 is 6.03. The minimum absolute atomic E-state index is 0.183. The summed E-state index contributed by atoms with van der Waals surface area (Å²) in [4.78, 5) is 12.1. The van der Waals surface area contributed by atoms with Gasteiger partial charge in [0.05, 0.1) is 6.10 Å². The van der Waals surface area contributed by atoms with E-state index < -0.39 is 0 Å². The smallest absolute Gasteiger partial charge is 0.227 e. The first kappa shape index (κ1) is 16.6. The third-order valence-corrected chi connectivity index (χ3v) is 4.59. The summed E-state index contributed by atoms with van der Waals surface area (Å²) in [6.07, 6.45) is 11.3. The number of carbonyl (C=O) groups is 1. The molecule has 0 saturated carbocycles. The standard InChI is InChI=1S/C21H24O3/c1-3-4-5-6-7-14(2)24-16-8-9-17-15(12-16)13-19-18(17)10-11-20(22)21(19)23/h8-14,22H,3-7H2,1-2H3. The van der Waals surface area contributed by atoms with Crippen molar-refractivity contribution < 1.29 is 14.6 Å². The Labute approximate surface area is 143 Å². The topological polar surface area (TPSA) is 46.5 Å². The molecule has 0 fully saturated rings. The number of hydrogen-bond acceptors (Lipinski definition) is 3. The fourth-order valence-corrected chi connectivity index (χ4v) is 3.25. The number of ketones is 1. The predicted octanol–water partition coefficient (Wildman–Crippen LogP) is 5.23. The summed E-state index contributed by atoms with van der Waals surface area (Å²) in [6, 6.07) is 5.93. The number of ether oxygens (including phenoxy) is 1. The van der Waals surface area contributed by atoms with Gasteiger partial charge in [0.1, 0.15) is 5.75 Å². The highest BCUT2D eigenvalue weighted by atomic mass is 16.5. The van der Waals surface area contributed by atoms with Gasteiger partial charge in [0.25, 0.3) is 0 Å². The highest BCUT2D eigenvalue weighted by Gasteiger charge is 2.28. The van der Waals surface area contributed by atoms with Crippen molar-refractivity contribution in [2.24, 2.45) is 0 Å². The summed E-state index contributed by atoms with van der Waals surface area (Å²) in [5.74, 6) is 0.322. The average molecular weight is 324 g/mol. The van der Waals surface area contributed by atoms with Crippen LogP contribution in [0.4, 0.5) is 0 Å². The van der Waals surface area contributed by atoms with Crippen molar-refractivity contribution in [2.45, 2.75) is 52.1 Å². The van der Waals surface area contributed by atoms with Crippen LogP contribution in [0.3, 0.4) is 0 Å². The minimum Gasteiger partial charge on any atom is -0.504 e. The van der Waals surface area contributed by atoms with Crippen molar-refractivity contribution in [2.75, 3.05) is 0 Å². The zero-order valence-corrected chi connectivity index (χ0v) is 14.3. The van der Waals surface area contributed by atoms with E-state index in [0.29, 0.717) is 5.57 Å². The van der Waals surface area contributed by atoms with Crippen molar-refractivity contribution in [3.05, 3.63) is 52.8 Å². The number of Topliss-reactive ketones (excluding diaryl/α,β-unsaturated/α-hetero) is 1. The molecule has 1 N–H and O–H groups in total. The highest BCUT2D eigenvalue weighted by molar-refractivity contribution is 6.24. The van der Waals surface area contributed by atoms with E-state index >= 15 is 0 Å². The highest BCUT2D eigenvalue weighted by Crippen LogP contribution is 2.40. The molecule has 0 aromatic heterocycles. The molecular weight excluding hydrogens is 300 g/mol. The van der Waals surface area contributed by atoms with E-state index in [-0.39, 0.29) is 17.6 Å². The Morgan fingerprint density at radius 2 is 1.96 bits per heavy atom. The summed E-state index contributed by atoms with van der Waals surface area (Å²) in [5, 5.41) is 9.60. The Kier molecular flexibility index (Phi) is 4.89. The molecule has 3 nitrogen and oxygen atoms in total. The SMILES string of the molecule is CCCCCCC(C)Oc1ccc2c(c1)C=C1C(=O)C(O)=CC=C12. The molecule has 0 aliphatic heterocycles. The maximum atomic E-state index is 12.1. The van der Waals surface area contributed by atoms with E-state index in [1.807, 2.05) is 24.3 Å². The van der Waals surface area contributed by atoms with Crippen LogP contribution in [0.1, 0.15) is 57.1 Å². The van der Waals surface area contributed by atoms with Crippen molar-refractivity contribution in [3.8, 4) is 5.75 Å². The number of aliphatic hydroxyl groups is 1. The van der Waals surface area contributed by atoms with Gasteiger partial charge in [0.15, 0.2) is 5.76 Å². The van der Waals surface area contributed by atoms with E-state index in [4.69, 9.17) is 4.74 Å². The fourth-order valence-electron chi connectivity index (χ4n) is 3.25. The van der Waals surface area contributed by atoms with E-state index in [1.54, 1.807) is 6.08 Å². The Balaban J connectivity index is 1.69. The van der Waals surface area contributed by atoms with Crippen LogP contribution in [-0.4, -0.2) is 17.0 Å². The molecule has 0 heterocycles. The van der Waals surface area contributed by atoms with Crippen LogP contribution in [0.2, 0.25) is 0 Å². The number of benzene rings is 1. The van der Waals surface area contributed by atoms with Gasteiger partial charge < -0.3 is 9.84 Å². The van der Waals surface area contributed by atoms with E-state index in [2.05, 4.69) is 13.8 Å². The van der Waals surface area contributed by atoms with Gasteiger partial charge in [0, 0.05) is 5.57 Å². The summed E-state index contributed by atoms with van der Waals surface area (Å²) in [7, 11) is 0. The number of unbranched alkanes of at least 4 members (excludes halogenated alkanes) is 3. The van der Waals surface area contributed by atoms with Gasteiger partial charge >= 0.3 is 0 Å². The molecule has 1 aromatic rings. The second-order valence-corrected chi connectivity index (χ2v) is 6.55. The predicted molar refractivity (Wildman–Crippen MR) is 97.0 cm³/mol. The lowest BCUT2D eigenvalue weighted by Crippen LogP contribution is -2.11. The van der Waals surface area contributed by atoms with Gasteiger partial charge in [-0.15, -0.1) is 0 Å². The van der Waals surface area contributed by atoms with Crippen LogP contribution in [0, 0.1) is 0 Å². The molecular formula is C21H24O3. The number of fused-ring (bicyclic) bond motifs is 3. The average Bonchev–Trinajstić information content (AvgIpc) is 2.93. The molecule has 0 saturated heterocycles. The van der Waals surface area contributed by atoms with Crippen LogP contribution in [0.25, 0.3) is 11.6 Å². The lowest BCUT2D eigenvalue weighted by molar-refractivity contribution is -0.114. The molecule has 0 bridgehead atoms. The molecule has 1 unspecified atom stereocenters.